The first kappa shape index (κ1) is 15.7. The molecule has 0 heterocycles. The zero-order valence-electron chi connectivity index (χ0n) is 12.2. The molecule has 0 fully saturated rings. The van der Waals surface area contributed by atoms with Crippen LogP contribution in [0.5, 0.6) is 5.75 Å². The van der Waals surface area contributed by atoms with Crippen molar-refractivity contribution in [3.05, 3.63) is 65.2 Å². The summed E-state index contributed by atoms with van der Waals surface area (Å²) in [6.45, 7) is 0. The number of rotatable bonds is 3. The Morgan fingerprint density at radius 2 is 1.77 bits per heavy atom. The van der Waals surface area contributed by atoms with Gasteiger partial charge in [-0.1, -0.05) is 12.1 Å². The summed E-state index contributed by atoms with van der Waals surface area (Å²) in [7, 11) is 3.58. The van der Waals surface area contributed by atoms with E-state index in [1.54, 1.807) is 67.5 Å². The fraction of sp³-hybridized carbons (Fsp3) is 0.118. The van der Waals surface area contributed by atoms with Gasteiger partial charge in [-0.2, -0.15) is 5.26 Å². The molecule has 0 spiro atoms. The lowest BCUT2D eigenvalue weighted by Crippen LogP contribution is -2.24. The van der Waals surface area contributed by atoms with Crippen molar-refractivity contribution in [1.29, 1.82) is 5.26 Å². The summed E-state index contributed by atoms with van der Waals surface area (Å²) in [5.41, 5.74) is 1.25. The highest BCUT2D eigenvalue weighted by atomic mass is 32.1. The summed E-state index contributed by atoms with van der Waals surface area (Å²) in [6, 6.07) is 15.4. The van der Waals surface area contributed by atoms with Crippen LogP contribution in [0.3, 0.4) is 0 Å². The number of nitrogens with zero attached hydrogens (tertiary/aromatic N) is 2. The zero-order valence-corrected chi connectivity index (χ0v) is 13.1. The number of carbonyl (C=O) groups excluding carboxylic acids is 1. The summed E-state index contributed by atoms with van der Waals surface area (Å²) in [5, 5.41) is 9.41. The third-order valence-electron chi connectivity index (χ3n) is 2.98. The quantitative estimate of drug-likeness (QED) is 0.644. The van der Waals surface area contributed by atoms with Gasteiger partial charge in [0, 0.05) is 25.2 Å². The minimum absolute atomic E-state index is 0.195. The van der Waals surface area contributed by atoms with E-state index in [9.17, 15) is 4.79 Å². The zero-order chi connectivity index (χ0) is 16.1. The van der Waals surface area contributed by atoms with Gasteiger partial charge < -0.3 is 9.64 Å². The average Bonchev–Trinajstić information content (AvgIpc) is 2.54. The fourth-order valence-electron chi connectivity index (χ4n) is 1.80. The van der Waals surface area contributed by atoms with Gasteiger partial charge in [-0.05, 0) is 48.6 Å². The van der Waals surface area contributed by atoms with E-state index in [0.29, 0.717) is 27.6 Å². The van der Waals surface area contributed by atoms with Gasteiger partial charge in [0.1, 0.15) is 5.75 Å². The highest BCUT2D eigenvalue weighted by Crippen LogP contribution is 2.18. The second-order valence-electron chi connectivity index (χ2n) is 4.77. The third kappa shape index (κ3) is 3.48. The molecule has 4 nitrogen and oxygen atoms in total. The second-order valence-corrected chi connectivity index (χ2v) is 5.12. The molecular weight excluding hydrogens is 296 g/mol. The van der Waals surface area contributed by atoms with Crippen molar-refractivity contribution in [1.82, 2.24) is 4.90 Å². The molecule has 0 amide bonds. The average molecular weight is 310 g/mol. The Kier molecular flexibility index (Phi) is 4.87. The molecule has 5 heteroatoms. The van der Waals surface area contributed by atoms with E-state index < -0.39 is 0 Å². The fourth-order valence-corrected chi connectivity index (χ4v) is 1.90. The Hall–Kier alpha value is -2.71. The third-order valence-corrected chi connectivity index (χ3v) is 3.43. The van der Waals surface area contributed by atoms with E-state index in [-0.39, 0.29) is 5.78 Å². The first-order valence-corrected chi connectivity index (χ1v) is 6.97. The predicted octanol–water partition coefficient (Wildman–Crippen LogP) is 3.01. The molecule has 22 heavy (non-hydrogen) atoms. The Morgan fingerprint density at radius 1 is 1.14 bits per heavy atom. The highest BCUT2D eigenvalue weighted by molar-refractivity contribution is 7.80. The molecule has 2 aromatic carbocycles. The number of benzene rings is 2. The molecule has 0 aliphatic carbocycles. The van der Waals surface area contributed by atoms with Gasteiger partial charge in [-0.15, -0.1) is 0 Å². The lowest BCUT2D eigenvalue weighted by atomic mass is 9.99. The van der Waals surface area contributed by atoms with E-state index in [0.717, 1.165) is 0 Å². The number of ketones is 1. The smallest absolute Gasteiger partial charge is 0.264 e. The lowest BCUT2D eigenvalue weighted by Gasteiger charge is -2.14. The van der Waals surface area contributed by atoms with E-state index >= 15 is 0 Å². The van der Waals surface area contributed by atoms with Crippen molar-refractivity contribution in [2.75, 3.05) is 14.1 Å². The van der Waals surface area contributed by atoms with Crippen LogP contribution in [0.25, 0.3) is 0 Å². The Balaban J connectivity index is 2.22. The molecule has 0 aliphatic rings. The lowest BCUT2D eigenvalue weighted by molar-refractivity contribution is 0.103. The van der Waals surface area contributed by atoms with Gasteiger partial charge in [0.2, 0.25) is 0 Å². The van der Waals surface area contributed by atoms with Crippen molar-refractivity contribution in [3.63, 3.8) is 0 Å². The summed E-state index contributed by atoms with van der Waals surface area (Å²) in [5.74, 6) is 0.364. The maximum atomic E-state index is 12.4. The van der Waals surface area contributed by atoms with Crippen LogP contribution in [-0.4, -0.2) is 30.0 Å². The van der Waals surface area contributed by atoms with Crippen LogP contribution < -0.4 is 4.74 Å². The van der Waals surface area contributed by atoms with Gasteiger partial charge in [-0.3, -0.25) is 4.79 Å². The van der Waals surface area contributed by atoms with Crippen LogP contribution in [-0.2, 0) is 0 Å². The normalized spacial score (nSPS) is 9.68. The van der Waals surface area contributed by atoms with Crippen LogP contribution in [0.15, 0.2) is 48.5 Å². The van der Waals surface area contributed by atoms with Gasteiger partial charge in [0.25, 0.3) is 5.17 Å². The Labute approximate surface area is 134 Å². The molecule has 0 unspecified atom stereocenters. The minimum atomic E-state index is -0.195. The van der Waals surface area contributed by atoms with Crippen molar-refractivity contribution in [2.24, 2.45) is 0 Å². The first-order chi connectivity index (χ1) is 10.5. The SMILES string of the molecule is CN(C)C(=S)Oc1ccc(C(=O)c2ccccc2C#N)cc1. The van der Waals surface area contributed by atoms with Crippen LogP contribution in [0, 0.1) is 11.3 Å². The number of hydrogen-bond acceptors (Lipinski definition) is 4. The van der Waals surface area contributed by atoms with Crippen LogP contribution >= 0.6 is 12.2 Å². The summed E-state index contributed by atoms with van der Waals surface area (Å²) < 4.78 is 5.45. The largest absolute Gasteiger partial charge is 0.432 e. The van der Waals surface area contributed by atoms with E-state index in [4.69, 9.17) is 22.2 Å². The van der Waals surface area contributed by atoms with Gasteiger partial charge >= 0.3 is 0 Å². The minimum Gasteiger partial charge on any atom is -0.432 e. The predicted molar refractivity (Wildman–Crippen MR) is 87.9 cm³/mol. The summed E-state index contributed by atoms with van der Waals surface area (Å²) in [4.78, 5) is 14.1. The monoisotopic (exact) mass is 310 g/mol. The summed E-state index contributed by atoms with van der Waals surface area (Å²) >= 11 is 5.05. The van der Waals surface area contributed by atoms with Crippen molar-refractivity contribution >= 4 is 23.2 Å². The van der Waals surface area contributed by atoms with E-state index in [1.807, 2.05) is 6.07 Å². The van der Waals surface area contributed by atoms with Gasteiger partial charge in [0.15, 0.2) is 5.78 Å². The molecule has 0 N–H and O–H groups in total. The second kappa shape index (κ2) is 6.83. The molecule has 0 bridgehead atoms. The van der Waals surface area contributed by atoms with Crippen LogP contribution in [0.1, 0.15) is 21.5 Å². The van der Waals surface area contributed by atoms with E-state index in [2.05, 4.69) is 0 Å². The molecule has 0 aromatic heterocycles. The topological polar surface area (TPSA) is 53.3 Å². The number of hydrogen-bond donors (Lipinski definition) is 0. The summed E-state index contributed by atoms with van der Waals surface area (Å²) in [6.07, 6.45) is 0. The highest BCUT2D eigenvalue weighted by Gasteiger charge is 2.13. The van der Waals surface area contributed by atoms with Gasteiger partial charge in [0.05, 0.1) is 11.6 Å². The standard InChI is InChI=1S/C17H14N2O2S/c1-19(2)17(22)21-14-9-7-12(8-10-14)16(20)15-6-4-3-5-13(15)11-18/h3-10H,1-2H3. The first-order valence-electron chi connectivity index (χ1n) is 6.56. The molecular formula is C17H14N2O2S. The van der Waals surface area contributed by atoms with Crippen molar-refractivity contribution in [2.45, 2.75) is 0 Å². The number of nitriles is 1. The number of carbonyl (C=O) groups is 1. The number of thiocarbonyl (C=S) groups is 1. The Bertz CT molecular complexity index is 746. The maximum absolute atomic E-state index is 12.4. The molecule has 2 aromatic rings. The molecule has 0 aliphatic heterocycles. The number of ether oxygens (including phenoxy) is 1. The van der Waals surface area contributed by atoms with Crippen molar-refractivity contribution < 1.29 is 9.53 Å². The molecule has 0 radical (unpaired) electrons. The molecule has 0 atom stereocenters. The van der Waals surface area contributed by atoms with Gasteiger partial charge in [-0.25, -0.2) is 0 Å². The maximum Gasteiger partial charge on any atom is 0.264 e. The molecule has 2 rings (SSSR count). The van der Waals surface area contributed by atoms with Crippen LogP contribution in [0.2, 0.25) is 0 Å². The van der Waals surface area contributed by atoms with Crippen molar-refractivity contribution in [3.8, 4) is 11.8 Å². The van der Waals surface area contributed by atoms with Crippen LogP contribution in [0.4, 0.5) is 0 Å². The Morgan fingerprint density at radius 3 is 2.36 bits per heavy atom. The van der Waals surface area contributed by atoms with E-state index in [1.165, 1.54) is 0 Å². The molecule has 0 saturated heterocycles. The molecule has 0 saturated carbocycles. The molecule has 110 valence electrons.